The first kappa shape index (κ1) is 28.2. The molecule has 0 saturated carbocycles. The average Bonchev–Trinajstić information content (AvgIpc) is 3.10. The van der Waals surface area contributed by atoms with Crippen LogP contribution in [0.1, 0.15) is 73.9 Å². The third kappa shape index (κ3) is 8.02. The number of carbonyl (C=O) groups excluding carboxylic acids is 2. The number of nitrogens with zero attached hydrogens (tertiary/aromatic N) is 3. The molecule has 0 spiro atoms. The number of amides is 2. The third-order valence-electron chi connectivity index (χ3n) is 5.45. The minimum atomic E-state index is -0.277. The van der Waals surface area contributed by atoms with Crippen LogP contribution < -0.4 is 5.32 Å². The molecule has 1 unspecified atom stereocenters. The number of halogens is 2. The van der Waals surface area contributed by atoms with E-state index in [-0.39, 0.29) is 35.1 Å². The highest BCUT2D eigenvalue weighted by molar-refractivity contribution is 6.42. The fourth-order valence-corrected chi connectivity index (χ4v) is 4.22. The summed E-state index contributed by atoms with van der Waals surface area (Å²) in [7, 11) is 0. The van der Waals surface area contributed by atoms with Crippen molar-refractivity contribution in [1.29, 1.82) is 0 Å². The number of aromatic nitrogens is 2. The Balaban J connectivity index is 2.21. The SMILES string of the molecule is CCN(CC(=O)Nc1cc(C(C)(C)C)nn1-c1ccc(Cl)c(Cl)c1)C(=O)CC(C)CC(C)(C)C. The van der Waals surface area contributed by atoms with Gasteiger partial charge in [-0.15, -0.1) is 0 Å². The molecule has 0 saturated heterocycles. The van der Waals surface area contributed by atoms with Gasteiger partial charge in [-0.1, -0.05) is 71.7 Å². The number of anilines is 1. The zero-order valence-corrected chi connectivity index (χ0v) is 23.1. The Morgan fingerprint density at radius 1 is 1.09 bits per heavy atom. The molecule has 1 N–H and O–H groups in total. The molecule has 1 aromatic heterocycles. The molecule has 0 radical (unpaired) electrons. The summed E-state index contributed by atoms with van der Waals surface area (Å²) < 4.78 is 1.64. The minimum absolute atomic E-state index is 0.0113. The summed E-state index contributed by atoms with van der Waals surface area (Å²) >= 11 is 12.3. The number of rotatable bonds is 8. The highest BCUT2D eigenvalue weighted by atomic mass is 35.5. The van der Waals surface area contributed by atoms with Crippen molar-refractivity contribution >= 4 is 40.8 Å². The quantitative estimate of drug-likeness (QED) is 0.429. The summed E-state index contributed by atoms with van der Waals surface area (Å²) in [6, 6.07) is 7.04. The lowest BCUT2D eigenvalue weighted by Gasteiger charge is -2.26. The fourth-order valence-electron chi connectivity index (χ4n) is 3.93. The third-order valence-corrected chi connectivity index (χ3v) is 6.18. The molecule has 1 atom stereocenters. The van der Waals surface area contributed by atoms with E-state index >= 15 is 0 Å². The standard InChI is InChI=1S/C26H38Cl2N4O2/c1-9-31(24(34)12-17(2)15-25(3,4)5)16-23(33)29-22-14-21(26(6,7)8)30-32(22)18-10-11-19(27)20(28)13-18/h10-11,13-14,17H,9,12,15-16H2,1-8H3,(H,29,33). The lowest BCUT2D eigenvalue weighted by Crippen LogP contribution is -2.38. The van der Waals surface area contributed by atoms with Gasteiger partial charge in [-0.05, 0) is 42.9 Å². The van der Waals surface area contributed by atoms with Crippen LogP contribution in [0.15, 0.2) is 24.3 Å². The molecule has 2 aromatic rings. The van der Waals surface area contributed by atoms with Crippen LogP contribution in [0.2, 0.25) is 10.0 Å². The number of carbonyl (C=O) groups is 2. The van der Waals surface area contributed by atoms with Crippen LogP contribution in [0, 0.1) is 11.3 Å². The summed E-state index contributed by atoms with van der Waals surface area (Å²) in [4.78, 5) is 27.4. The highest BCUT2D eigenvalue weighted by Crippen LogP contribution is 2.30. The maximum atomic E-state index is 13.0. The molecule has 2 amide bonds. The Bertz CT molecular complexity index is 1020. The molecule has 188 valence electrons. The van der Waals surface area contributed by atoms with Crippen molar-refractivity contribution < 1.29 is 9.59 Å². The van der Waals surface area contributed by atoms with E-state index in [4.69, 9.17) is 28.3 Å². The Labute approximate surface area is 214 Å². The first-order chi connectivity index (χ1) is 15.6. The van der Waals surface area contributed by atoms with Gasteiger partial charge in [0.2, 0.25) is 11.8 Å². The Hall–Kier alpha value is -2.05. The lowest BCUT2D eigenvalue weighted by molar-refractivity contribution is -0.135. The number of hydrogen-bond acceptors (Lipinski definition) is 3. The van der Waals surface area contributed by atoms with E-state index in [9.17, 15) is 9.59 Å². The smallest absolute Gasteiger partial charge is 0.245 e. The van der Waals surface area contributed by atoms with Gasteiger partial charge < -0.3 is 10.2 Å². The zero-order valence-electron chi connectivity index (χ0n) is 21.6. The molecule has 0 aliphatic rings. The number of benzene rings is 1. The van der Waals surface area contributed by atoms with Gasteiger partial charge in [-0.25, -0.2) is 4.68 Å². The maximum absolute atomic E-state index is 13.0. The Kier molecular flexibility index (Phi) is 9.23. The predicted octanol–water partition coefficient (Wildman–Crippen LogP) is 6.73. The van der Waals surface area contributed by atoms with Crippen LogP contribution in [-0.2, 0) is 15.0 Å². The number of hydrogen-bond donors (Lipinski definition) is 1. The van der Waals surface area contributed by atoms with Crippen LogP contribution in [0.3, 0.4) is 0 Å². The second-order valence-electron chi connectivity index (χ2n) is 11.2. The van der Waals surface area contributed by atoms with Crippen molar-refractivity contribution in [3.8, 4) is 5.69 Å². The molecule has 2 rings (SSSR count). The molecule has 0 bridgehead atoms. The second kappa shape index (κ2) is 11.1. The van der Waals surface area contributed by atoms with Crippen molar-refractivity contribution in [3.05, 3.63) is 40.0 Å². The Morgan fingerprint density at radius 3 is 2.26 bits per heavy atom. The van der Waals surface area contributed by atoms with Gasteiger partial charge in [0.25, 0.3) is 0 Å². The van der Waals surface area contributed by atoms with E-state index in [0.29, 0.717) is 34.5 Å². The van der Waals surface area contributed by atoms with Gasteiger partial charge >= 0.3 is 0 Å². The largest absolute Gasteiger partial charge is 0.334 e. The summed E-state index contributed by atoms with van der Waals surface area (Å²) in [5.41, 5.74) is 1.42. The average molecular weight is 510 g/mol. The monoisotopic (exact) mass is 508 g/mol. The summed E-state index contributed by atoms with van der Waals surface area (Å²) in [5.74, 6) is 0.469. The lowest BCUT2D eigenvalue weighted by atomic mass is 9.84. The topological polar surface area (TPSA) is 67.2 Å². The molecule has 1 heterocycles. The molecule has 0 aliphatic heterocycles. The summed E-state index contributed by atoms with van der Waals surface area (Å²) in [6.07, 6.45) is 1.37. The molecule has 0 aliphatic carbocycles. The van der Waals surface area contributed by atoms with Gasteiger partial charge in [-0.3, -0.25) is 9.59 Å². The fraction of sp³-hybridized carbons (Fsp3) is 0.577. The van der Waals surface area contributed by atoms with Crippen molar-refractivity contribution in [2.75, 3.05) is 18.4 Å². The normalized spacial score (nSPS) is 13.0. The molecular weight excluding hydrogens is 471 g/mol. The Morgan fingerprint density at radius 2 is 1.74 bits per heavy atom. The second-order valence-corrected chi connectivity index (χ2v) is 12.0. The molecule has 6 nitrogen and oxygen atoms in total. The first-order valence-electron chi connectivity index (χ1n) is 11.7. The minimum Gasteiger partial charge on any atom is -0.334 e. The van der Waals surface area contributed by atoms with Gasteiger partial charge in [-0.2, -0.15) is 5.10 Å². The van der Waals surface area contributed by atoms with Crippen molar-refractivity contribution in [3.63, 3.8) is 0 Å². The van der Waals surface area contributed by atoms with Crippen LogP contribution >= 0.6 is 23.2 Å². The highest BCUT2D eigenvalue weighted by Gasteiger charge is 2.24. The number of likely N-dealkylation sites (N-methyl/N-ethyl adjacent to an activating group) is 1. The van der Waals surface area contributed by atoms with Gasteiger partial charge in [0, 0.05) is 24.4 Å². The van der Waals surface area contributed by atoms with Crippen molar-refractivity contribution in [2.45, 2.75) is 73.6 Å². The van der Waals surface area contributed by atoms with Gasteiger partial charge in [0.1, 0.15) is 5.82 Å². The van der Waals surface area contributed by atoms with E-state index in [2.05, 4.69) is 53.8 Å². The van der Waals surface area contributed by atoms with Gasteiger partial charge in [0.15, 0.2) is 0 Å². The molecule has 8 heteroatoms. The summed E-state index contributed by atoms with van der Waals surface area (Å²) in [6.45, 7) is 17.1. The molecule has 0 fully saturated rings. The maximum Gasteiger partial charge on any atom is 0.245 e. The molecule has 34 heavy (non-hydrogen) atoms. The zero-order chi connectivity index (χ0) is 25.8. The van der Waals surface area contributed by atoms with Crippen LogP contribution in [-0.4, -0.2) is 39.6 Å². The number of nitrogens with one attached hydrogen (secondary N) is 1. The molecular formula is C26H38Cl2N4O2. The van der Waals surface area contributed by atoms with Crippen LogP contribution in [0.25, 0.3) is 5.69 Å². The van der Waals surface area contributed by atoms with E-state index in [1.54, 1.807) is 27.8 Å². The molecule has 1 aromatic carbocycles. The summed E-state index contributed by atoms with van der Waals surface area (Å²) in [5, 5.41) is 8.48. The first-order valence-corrected chi connectivity index (χ1v) is 12.5. The van der Waals surface area contributed by atoms with Gasteiger partial charge in [0.05, 0.1) is 28.0 Å². The van der Waals surface area contributed by atoms with Crippen molar-refractivity contribution in [1.82, 2.24) is 14.7 Å². The van der Waals surface area contributed by atoms with Crippen LogP contribution in [0.4, 0.5) is 5.82 Å². The van der Waals surface area contributed by atoms with Crippen LogP contribution in [0.5, 0.6) is 0 Å². The van der Waals surface area contributed by atoms with E-state index < -0.39 is 0 Å². The van der Waals surface area contributed by atoms with E-state index in [0.717, 1.165) is 12.1 Å². The van der Waals surface area contributed by atoms with Crippen molar-refractivity contribution in [2.24, 2.45) is 11.3 Å². The van der Waals surface area contributed by atoms with E-state index in [1.165, 1.54) is 0 Å². The van der Waals surface area contributed by atoms with E-state index in [1.807, 2.05) is 13.0 Å². The predicted molar refractivity (Wildman–Crippen MR) is 141 cm³/mol.